The third-order valence-electron chi connectivity index (χ3n) is 5.31. The van der Waals surface area contributed by atoms with E-state index in [1.165, 1.54) is 5.56 Å². The lowest BCUT2D eigenvalue weighted by atomic mass is 10.0. The first-order valence-electron chi connectivity index (χ1n) is 10.5. The Morgan fingerprint density at radius 3 is 2.37 bits per heavy atom. The Hall–Kier alpha value is -2.90. The van der Waals surface area contributed by atoms with Gasteiger partial charge in [0.15, 0.2) is 0 Å². The molecule has 0 radical (unpaired) electrons. The number of rotatable bonds is 7. The molecule has 1 heterocycles. The molecule has 0 aromatic heterocycles. The fourth-order valence-corrected chi connectivity index (χ4v) is 3.45. The molecule has 1 atom stereocenters. The summed E-state index contributed by atoms with van der Waals surface area (Å²) in [6.45, 7) is 3.95. The number of hydrogen-bond acceptors (Lipinski definition) is 4. The van der Waals surface area contributed by atoms with E-state index in [1.54, 1.807) is 12.1 Å². The van der Waals surface area contributed by atoms with Crippen molar-refractivity contribution in [2.24, 2.45) is 0 Å². The van der Waals surface area contributed by atoms with Crippen LogP contribution in [0.15, 0.2) is 48.5 Å². The van der Waals surface area contributed by atoms with Gasteiger partial charge in [-0.25, -0.2) is 9.86 Å². The molecule has 7 heteroatoms. The summed E-state index contributed by atoms with van der Waals surface area (Å²) in [5.74, 6) is -0.242. The average Bonchev–Trinajstić information content (AvgIpc) is 2.79. The quantitative estimate of drug-likeness (QED) is 0.417. The SMILES string of the molecule is CCc1ccc(-c2ccc(C(=O)NCCN(O)C(=O)NC3CCCNC3)cc2)cc1. The second kappa shape index (κ2) is 10.8. The van der Waals surface area contributed by atoms with Crippen molar-refractivity contribution in [3.63, 3.8) is 0 Å². The summed E-state index contributed by atoms with van der Waals surface area (Å²) in [6, 6.07) is 15.2. The number of benzene rings is 2. The van der Waals surface area contributed by atoms with Crippen molar-refractivity contribution in [2.75, 3.05) is 26.2 Å². The molecular formula is C23H30N4O3. The van der Waals surface area contributed by atoms with E-state index in [9.17, 15) is 14.8 Å². The second-order valence-electron chi connectivity index (χ2n) is 7.50. The van der Waals surface area contributed by atoms with Crippen LogP contribution >= 0.6 is 0 Å². The van der Waals surface area contributed by atoms with Crippen LogP contribution in [0, 0.1) is 0 Å². The van der Waals surface area contributed by atoms with Crippen molar-refractivity contribution in [3.8, 4) is 11.1 Å². The maximum Gasteiger partial charge on any atom is 0.341 e. The summed E-state index contributed by atoms with van der Waals surface area (Å²) in [7, 11) is 0. The fourth-order valence-electron chi connectivity index (χ4n) is 3.45. The van der Waals surface area contributed by atoms with Gasteiger partial charge in [-0.15, -0.1) is 0 Å². The number of nitrogens with one attached hydrogen (secondary N) is 3. The molecule has 1 saturated heterocycles. The number of hydrogen-bond donors (Lipinski definition) is 4. The molecular weight excluding hydrogens is 380 g/mol. The van der Waals surface area contributed by atoms with Crippen molar-refractivity contribution in [2.45, 2.75) is 32.2 Å². The summed E-state index contributed by atoms with van der Waals surface area (Å²) < 4.78 is 0. The average molecular weight is 411 g/mol. The van der Waals surface area contributed by atoms with Gasteiger partial charge in [0, 0.05) is 24.7 Å². The van der Waals surface area contributed by atoms with E-state index in [4.69, 9.17) is 0 Å². The lowest BCUT2D eigenvalue weighted by molar-refractivity contribution is -0.0426. The molecule has 1 unspecified atom stereocenters. The van der Waals surface area contributed by atoms with Crippen LogP contribution in [0.5, 0.6) is 0 Å². The van der Waals surface area contributed by atoms with Crippen molar-refractivity contribution in [1.29, 1.82) is 0 Å². The van der Waals surface area contributed by atoms with Gasteiger partial charge in [0.05, 0.1) is 6.54 Å². The van der Waals surface area contributed by atoms with E-state index >= 15 is 0 Å². The van der Waals surface area contributed by atoms with E-state index < -0.39 is 6.03 Å². The number of piperidine rings is 1. The van der Waals surface area contributed by atoms with Gasteiger partial charge in [0.25, 0.3) is 5.91 Å². The van der Waals surface area contributed by atoms with Gasteiger partial charge in [-0.2, -0.15) is 0 Å². The molecule has 1 aliphatic heterocycles. The highest BCUT2D eigenvalue weighted by Gasteiger charge is 2.18. The first-order chi connectivity index (χ1) is 14.6. The summed E-state index contributed by atoms with van der Waals surface area (Å²) in [4.78, 5) is 24.3. The van der Waals surface area contributed by atoms with Gasteiger partial charge in [-0.05, 0) is 54.6 Å². The summed E-state index contributed by atoms with van der Waals surface area (Å²) in [5.41, 5.74) is 3.97. The third kappa shape index (κ3) is 6.05. The van der Waals surface area contributed by atoms with Gasteiger partial charge in [-0.3, -0.25) is 10.0 Å². The molecule has 3 rings (SSSR count). The minimum absolute atomic E-state index is 0.0135. The molecule has 1 fully saturated rings. The molecule has 3 amide bonds. The third-order valence-corrected chi connectivity index (χ3v) is 5.31. The Morgan fingerprint density at radius 1 is 1.10 bits per heavy atom. The first kappa shape index (κ1) is 21.8. The molecule has 160 valence electrons. The highest BCUT2D eigenvalue weighted by atomic mass is 16.5. The molecule has 0 bridgehead atoms. The summed E-state index contributed by atoms with van der Waals surface area (Å²) in [6.07, 6.45) is 2.89. The highest BCUT2D eigenvalue weighted by Crippen LogP contribution is 2.20. The molecule has 7 nitrogen and oxygen atoms in total. The molecule has 2 aromatic carbocycles. The van der Waals surface area contributed by atoms with Crippen LogP contribution in [0.2, 0.25) is 0 Å². The van der Waals surface area contributed by atoms with Crippen LogP contribution in [-0.4, -0.2) is 54.4 Å². The van der Waals surface area contributed by atoms with Gasteiger partial charge in [0.2, 0.25) is 0 Å². The molecule has 2 aromatic rings. The Balaban J connectivity index is 1.44. The summed E-state index contributed by atoms with van der Waals surface area (Å²) in [5, 5.41) is 19.2. The van der Waals surface area contributed by atoms with Crippen LogP contribution in [0.25, 0.3) is 11.1 Å². The maximum absolute atomic E-state index is 12.3. The minimum atomic E-state index is -0.545. The van der Waals surface area contributed by atoms with Gasteiger partial charge in [-0.1, -0.05) is 43.3 Å². The number of hydroxylamine groups is 2. The number of nitrogens with zero attached hydrogens (tertiary/aromatic N) is 1. The standard InChI is InChI=1S/C23H30N4O3/c1-2-17-5-7-18(8-6-17)19-9-11-20(12-10-19)22(28)25-14-15-27(30)23(29)26-21-4-3-13-24-16-21/h5-12,21,24,30H,2-4,13-16H2,1H3,(H,25,28)(H,26,29). The van der Waals surface area contributed by atoms with Crippen molar-refractivity contribution in [1.82, 2.24) is 21.0 Å². The predicted octanol–water partition coefficient (Wildman–Crippen LogP) is 2.80. The number of aryl methyl sites for hydroxylation is 1. The monoisotopic (exact) mass is 410 g/mol. The Bertz CT molecular complexity index is 831. The normalized spacial score (nSPS) is 16.0. The zero-order valence-electron chi connectivity index (χ0n) is 17.4. The van der Waals surface area contributed by atoms with E-state index in [0.717, 1.165) is 36.9 Å². The van der Waals surface area contributed by atoms with Crippen LogP contribution in [0.4, 0.5) is 4.79 Å². The smallest absolute Gasteiger partial charge is 0.341 e. The van der Waals surface area contributed by atoms with Crippen LogP contribution in [0.1, 0.15) is 35.7 Å². The Labute approximate surface area is 177 Å². The van der Waals surface area contributed by atoms with E-state index in [1.807, 2.05) is 12.1 Å². The zero-order chi connectivity index (χ0) is 21.3. The lowest BCUT2D eigenvalue weighted by Gasteiger charge is -2.25. The number of urea groups is 1. The van der Waals surface area contributed by atoms with E-state index in [2.05, 4.69) is 47.1 Å². The van der Waals surface area contributed by atoms with E-state index in [-0.39, 0.29) is 25.0 Å². The molecule has 0 aliphatic carbocycles. The van der Waals surface area contributed by atoms with Crippen LogP contribution in [0.3, 0.4) is 0 Å². The molecule has 30 heavy (non-hydrogen) atoms. The highest BCUT2D eigenvalue weighted by molar-refractivity contribution is 5.94. The van der Waals surface area contributed by atoms with Crippen LogP contribution < -0.4 is 16.0 Å². The second-order valence-corrected chi connectivity index (χ2v) is 7.50. The van der Waals surface area contributed by atoms with Gasteiger partial charge >= 0.3 is 6.03 Å². The van der Waals surface area contributed by atoms with E-state index in [0.29, 0.717) is 17.2 Å². The largest absolute Gasteiger partial charge is 0.350 e. The Morgan fingerprint density at radius 2 is 1.77 bits per heavy atom. The van der Waals surface area contributed by atoms with Crippen molar-refractivity contribution in [3.05, 3.63) is 59.7 Å². The molecule has 0 spiro atoms. The predicted molar refractivity (Wildman–Crippen MR) is 117 cm³/mol. The molecule has 0 saturated carbocycles. The topological polar surface area (TPSA) is 93.7 Å². The van der Waals surface area contributed by atoms with Crippen molar-refractivity contribution < 1.29 is 14.8 Å². The fraction of sp³-hybridized carbons (Fsp3) is 0.391. The minimum Gasteiger partial charge on any atom is -0.350 e. The zero-order valence-corrected chi connectivity index (χ0v) is 17.4. The van der Waals surface area contributed by atoms with Crippen molar-refractivity contribution >= 4 is 11.9 Å². The summed E-state index contributed by atoms with van der Waals surface area (Å²) >= 11 is 0. The molecule has 1 aliphatic rings. The number of amides is 3. The van der Waals surface area contributed by atoms with Gasteiger partial charge < -0.3 is 16.0 Å². The lowest BCUT2D eigenvalue weighted by Crippen LogP contribution is -2.50. The number of carbonyl (C=O) groups excluding carboxylic acids is 2. The Kier molecular flexibility index (Phi) is 7.82. The number of carbonyl (C=O) groups is 2. The van der Waals surface area contributed by atoms with Gasteiger partial charge in [0.1, 0.15) is 0 Å². The first-order valence-corrected chi connectivity index (χ1v) is 10.5. The maximum atomic E-state index is 12.3. The molecule has 4 N–H and O–H groups in total. The van der Waals surface area contributed by atoms with Crippen LogP contribution in [-0.2, 0) is 6.42 Å².